The van der Waals surface area contributed by atoms with Gasteiger partial charge < -0.3 is 10.2 Å². The molecule has 5 rings (SSSR count). The maximum absolute atomic E-state index is 10.9. The molecule has 0 aliphatic heterocycles. The van der Waals surface area contributed by atoms with Crippen molar-refractivity contribution < 1.29 is 10.2 Å². The summed E-state index contributed by atoms with van der Waals surface area (Å²) in [5.41, 5.74) is 2.81. The van der Waals surface area contributed by atoms with Crippen LogP contribution in [0.15, 0.2) is 11.6 Å². The van der Waals surface area contributed by atoms with Gasteiger partial charge in [-0.25, -0.2) is 0 Å². The lowest BCUT2D eigenvalue weighted by molar-refractivity contribution is -0.215. The van der Waals surface area contributed by atoms with Gasteiger partial charge in [0.05, 0.1) is 12.7 Å². The van der Waals surface area contributed by atoms with E-state index in [0.29, 0.717) is 28.1 Å². The molecule has 11 atom stereocenters. The normalized spacial score (nSPS) is 59.8. The van der Waals surface area contributed by atoms with E-state index in [2.05, 4.69) is 54.5 Å². The molecule has 2 N–H and O–H groups in total. The van der Waals surface area contributed by atoms with Gasteiger partial charge in [-0.3, -0.25) is 0 Å². The molecule has 0 aromatic heterocycles. The fourth-order valence-corrected chi connectivity index (χ4v) is 10.9. The van der Waals surface area contributed by atoms with Crippen molar-refractivity contribution in [3.63, 3.8) is 0 Å². The van der Waals surface area contributed by atoms with Gasteiger partial charge >= 0.3 is 0 Å². The predicted octanol–water partition coefficient (Wildman–Crippen LogP) is 7.00. The highest BCUT2D eigenvalue weighted by Gasteiger charge is 2.68. The van der Waals surface area contributed by atoms with Crippen LogP contribution < -0.4 is 0 Å². The molecule has 2 heteroatoms. The first-order valence-corrected chi connectivity index (χ1v) is 13.9. The standard InChI is InChI=1S/C30H50O2/c1-19-10-13-26(3)16-17-29(6)21(25(26)20(19)2)8-9-23-27(4)14-12-24(32)28(5,18-31)22(27)11-15-30(23,29)7/h8,19-20,22-25,31-32H,9-18H2,1-7H3/t19-,20+,22?,23-,24-,25+,26-,27+,28?,29-,30-/m1/s1. The SMILES string of the molecule is C[C@H]1[C@H](C)CC[C@]2(C)CC[C@]3(C)C(=CC[C@@H]4[C@@]5(C)CC[C@@H](O)C(C)(CO)C5CC[C@]43C)[C@H]12. The van der Waals surface area contributed by atoms with Crippen LogP contribution in [0, 0.1) is 56.7 Å². The molecule has 32 heavy (non-hydrogen) atoms. The molecule has 4 fully saturated rings. The van der Waals surface area contributed by atoms with Gasteiger partial charge in [-0.1, -0.05) is 60.1 Å². The summed E-state index contributed by atoms with van der Waals surface area (Å²) in [4.78, 5) is 0. The number of aliphatic hydroxyl groups is 2. The minimum Gasteiger partial charge on any atom is -0.396 e. The Kier molecular flexibility index (Phi) is 5.19. The molecule has 0 heterocycles. The molecule has 5 aliphatic rings. The van der Waals surface area contributed by atoms with Crippen LogP contribution >= 0.6 is 0 Å². The average Bonchev–Trinajstić information content (AvgIpc) is 2.75. The summed E-state index contributed by atoms with van der Waals surface area (Å²) < 4.78 is 0. The van der Waals surface area contributed by atoms with Gasteiger partial charge in [0.25, 0.3) is 0 Å². The van der Waals surface area contributed by atoms with E-state index in [-0.39, 0.29) is 23.5 Å². The molecule has 0 spiro atoms. The van der Waals surface area contributed by atoms with E-state index < -0.39 is 0 Å². The number of allylic oxidation sites excluding steroid dienone is 2. The zero-order valence-electron chi connectivity index (χ0n) is 22.0. The quantitative estimate of drug-likeness (QED) is 0.429. The highest BCUT2D eigenvalue weighted by atomic mass is 16.3. The van der Waals surface area contributed by atoms with E-state index in [1.807, 2.05) is 5.57 Å². The smallest absolute Gasteiger partial charge is 0.0618 e. The second-order valence-electron chi connectivity index (χ2n) is 14.5. The first-order chi connectivity index (χ1) is 14.9. The summed E-state index contributed by atoms with van der Waals surface area (Å²) in [6.45, 7) is 17.8. The van der Waals surface area contributed by atoms with Gasteiger partial charge in [-0.2, -0.15) is 0 Å². The van der Waals surface area contributed by atoms with E-state index in [1.54, 1.807) is 0 Å². The zero-order valence-corrected chi connectivity index (χ0v) is 22.0. The molecule has 0 amide bonds. The van der Waals surface area contributed by atoms with Crippen LogP contribution in [-0.2, 0) is 0 Å². The minimum atomic E-state index is -0.361. The summed E-state index contributed by atoms with van der Waals surface area (Å²) in [7, 11) is 0. The van der Waals surface area contributed by atoms with E-state index >= 15 is 0 Å². The molecule has 2 nitrogen and oxygen atoms in total. The van der Waals surface area contributed by atoms with Crippen molar-refractivity contribution in [2.45, 2.75) is 112 Å². The molecule has 182 valence electrons. The van der Waals surface area contributed by atoms with Crippen LogP contribution in [0.2, 0.25) is 0 Å². The van der Waals surface area contributed by atoms with E-state index in [1.165, 1.54) is 38.5 Å². The average molecular weight is 443 g/mol. The third kappa shape index (κ3) is 2.66. The minimum absolute atomic E-state index is 0.117. The molecule has 2 unspecified atom stereocenters. The maximum atomic E-state index is 10.9. The van der Waals surface area contributed by atoms with Crippen LogP contribution in [0.25, 0.3) is 0 Å². The topological polar surface area (TPSA) is 40.5 Å². The Balaban J connectivity index is 1.59. The van der Waals surface area contributed by atoms with Crippen molar-refractivity contribution >= 4 is 0 Å². The summed E-state index contributed by atoms with van der Waals surface area (Å²) >= 11 is 0. The van der Waals surface area contributed by atoms with Gasteiger partial charge in [0.2, 0.25) is 0 Å². The molecule has 0 aromatic carbocycles. The first kappa shape index (κ1) is 23.4. The van der Waals surface area contributed by atoms with Crippen molar-refractivity contribution in [3.8, 4) is 0 Å². The number of fused-ring (bicyclic) bond motifs is 7. The van der Waals surface area contributed by atoms with Gasteiger partial charge in [0.15, 0.2) is 0 Å². The Morgan fingerprint density at radius 1 is 0.875 bits per heavy atom. The maximum Gasteiger partial charge on any atom is 0.0618 e. The van der Waals surface area contributed by atoms with Crippen molar-refractivity contribution in [3.05, 3.63) is 11.6 Å². The van der Waals surface area contributed by atoms with Crippen LogP contribution in [-0.4, -0.2) is 22.9 Å². The molecule has 0 bridgehead atoms. The molecule has 0 radical (unpaired) electrons. The highest BCUT2D eigenvalue weighted by molar-refractivity contribution is 5.33. The van der Waals surface area contributed by atoms with Crippen molar-refractivity contribution in [2.24, 2.45) is 56.7 Å². The van der Waals surface area contributed by atoms with Gasteiger partial charge in [-0.15, -0.1) is 0 Å². The van der Waals surface area contributed by atoms with E-state index in [0.717, 1.165) is 37.0 Å². The zero-order chi connectivity index (χ0) is 23.3. The molecule has 0 saturated heterocycles. The lowest BCUT2D eigenvalue weighted by atomic mass is 9.33. The Hall–Kier alpha value is -0.340. The largest absolute Gasteiger partial charge is 0.396 e. The van der Waals surface area contributed by atoms with Gasteiger partial charge in [0, 0.05) is 5.41 Å². The number of aliphatic hydroxyl groups excluding tert-OH is 2. The fraction of sp³-hybridized carbons (Fsp3) is 0.933. The second kappa shape index (κ2) is 7.09. The molecular formula is C30H50O2. The Morgan fingerprint density at radius 3 is 2.28 bits per heavy atom. The van der Waals surface area contributed by atoms with Crippen LogP contribution in [0.1, 0.15) is 106 Å². The number of hydrogen-bond acceptors (Lipinski definition) is 2. The third-order valence-electron chi connectivity index (χ3n) is 13.5. The van der Waals surface area contributed by atoms with E-state index in [9.17, 15) is 10.2 Å². The summed E-state index contributed by atoms with van der Waals surface area (Å²) in [6.07, 6.45) is 13.5. The summed E-state index contributed by atoms with van der Waals surface area (Å²) in [6, 6.07) is 0. The van der Waals surface area contributed by atoms with Gasteiger partial charge in [-0.05, 0) is 109 Å². The second-order valence-corrected chi connectivity index (χ2v) is 14.5. The molecule has 4 saturated carbocycles. The fourth-order valence-electron chi connectivity index (χ4n) is 10.9. The first-order valence-electron chi connectivity index (χ1n) is 13.9. The number of rotatable bonds is 1. The van der Waals surface area contributed by atoms with Crippen molar-refractivity contribution in [1.29, 1.82) is 0 Å². The Labute approximate surface area is 197 Å². The van der Waals surface area contributed by atoms with Crippen LogP contribution in [0.4, 0.5) is 0 Å². The summed E-state index contributed by atoms with van der Waals surface area (Å²) in [5, 5.41) is 21.3. The van der Waals surface area contributed by atoms with Crippen LogP contribution in [0.3, 0.4) is 0 Å². The lowest BCUT2D eigenvalue weighted by Gasteiger charge is -2.71. The predicted molar refractivity (Wildman–Crippen MR) is 132 cm³/mol. The Bertz CT molecular complexity index is 803. The molecule has 5 aliphatic carbocycles. The molecule has 0 aromatic rings. The van der Waals surface area contributed by atoms with E-state index in [4.69, 9.17) is 0 Å². The molecular weight excluding hydrogens is 392 g/mol. The lowest BCUT2D eigenvalue weighted by Crippen LogP contribution is -2.65. The van der Waals surface area contributed by atoms with Crippen molar-refractivity contribution in [2.75, 3.05) is 6.61 Å². The van der Waals surface area contributed by atoms with Crippen molar-refractivity contribution in [1.82, 2.24) is 0 Å². The van der Waals surface area contributed by atoms with Gasteiger partial charge in [0.1, 0.15) is 0 Å². The Morgan fingerprint density at radius 2 is 1.59 bits per heavy atom. The number of hydrogen-bond donors (Lipinski definition) is 2. The summed E-state index contributed by atoms with van der Waals surface area (Å²) in [5.74, 6) is 3.45. The third-order valence-corrected chi connectivity index (χ3v) is 13.5. The highest BCUT2D eigenvalue weighted by Crippen LogP contribution is 2.75. The van der Waals surface area contributed by atoms with Crippen LogP contribution in [0.5, 0.6) is 0 Å². The monoisotopic (exact) mass is 442 g/mol.